The number of carbonyl (C=O) groups is 3. The number of imide groups is 2. The standard InChI is InChI=1S/C21H22N2O3/c1-14(17-12-6-8-15-7-2-5-11-18(15)17)22-19(24)13-20(25)23(21(22)26)16-9-3-4-10-16/h2,5-8,11-12,14,16H,3-4,9-10,13H2,1H3/t14-/m1/s1. The summed E-state index contributed by atoms with van der Waals surface area (Å²) in [6.07, 6.45) is 3.49. The molecule has 4 rings (SSSR count). The minimum atomic E-state index is -0.460. The molecule has 1 saturated heterocycles. The first-order valence-electron chi connectivity index (χ1n) is 9.23. The Labute approximate surface area is 152 Å². The van der Waals surface area contributed by atoms with Crippen molar-refractivity contribution >= 4 is 28.6 Å². The van der Waals surface area contributed by atoms with Crippen LogP contribution in [-0.2, 0) is 9.59 Å². The van der Waals surface area contributed by atoms with Crippen molar-refractivity contribution in [2.45, 2.75) is 51.1 Å². The largest absolute Gasteiger partial charge is 0.334 e. The molecule has 5 heteroatoms. The number of barbiturate groups is 1. The van der Waals surface area contributed by atoms with Crippen LogP contribution in [0.1, 0.15) is 50.6 Å². The van der Waals surface area contributed by atoms with Crippen molar-refractivity contribution in [1.29, 1.82) is 0 Å². The molecule has 1 atom stereocenters. The van der Waals surface area contributed by atoms with Gasteiger partial charge in [0.1, 0.15) is 6.42 Å². The van der Waals surface area contributed by atoms with E-state index in [1.165, 1.54) is 9.80 Å². The second-order valence-electron chi connectivity index (χ2n) is 7.17. The predicted molar refractivity (Wildman–Crippen MR) is 98.3 cm³/mol. The number of hydrogen-bond donors (Lipinski definition) is 0. The van der Waals surface area contributed by atoms with Crippen LogP contribution in [-0.4, -0.2) is 33.7 Å². The molecule has 4 amide bonds. The Hall–Kier alpha value is -2.69. The van der Waals surface area contributed by atoms with E-state index in [0.29, 0.717) is 0 Å². The van der Waals surface area contributed by atoms with Gasteiger partial charge in [0.15, 0.2) is 0 Å². The Bertz CT molecular complexity index is 880. The molecule has 2 fully saturated rings. The molecule has 1 aliphatic heterocycles. The lowest BCUT2D eigenvalue weighted by Crippen LogP contribution is -2.58. The fraction of sp³-hybridized carbons (Fsp3) is 0.381. The van der Waals surface area contributed by atoms with Gasteiger partial charge in [0.25, 0.3) is 0 Å². The molecule has 0 spiro atoms. The minimum Gasteiger partial charge on any atom is -0.274 e. The Morgan fingerprint density at radius 2 is 1.62 bits per heavy atom. The molecule has 2 aromatic rings. The van der Waals surface area contributed by atoms with Crippen molar-refractivity contribution < 1.29 is 14.4 Å². The quantitative estimate of drug-likeness (QED) is 0.786. The highest BCUT2D eigenvalue weighted by Crippen LogP contribution is 2.33. The van der Waals surface area contributed by atoms with Gasteiger partial charge in [-0.3, -0.25) is 19.4 Å². The summed E-state index contributed by atoms with van der Waals surface area (Å²) in [6.45, 7) is 1.86. The Morgan fingerprint density at radius 1 is 0.923 bits per heavy atom. The van der Waals surface area contributed by atoms with Gasteiger partial charge >= 0.3 is 6.03 Å². The summed E-state index contributed by atoms with van der Waals surface area (Å²) in [5.74, 6) is -0.761. The van der Waals surface area contributed by atoms with Crippen molar-refractivity contribution in [2.75, 3.05) is 0 Å². The smallest absolute Gasteiger partial charge is 0.274 e. The summed E-state index contributed by atoms with van der Waals surface area (Å²) in [6, 6.07) is 12.9. The van der Waals surface area contributed by atoms with Gasteiger partial charge in [0.2, 0.25) is 11.8 Å². The zero-order valence-corrected chi connectivity index (χ0v) is 14.9. The lowest BCUT2D eigenvalue weighted by atomic mass is 9.98. The lowest BCUT2D eigenvalue weighted by Gasteiger charge is -2.39. The Balaban J connectivity index is 1.71. The number of nitrogens with zero attached hydrogens (tertiary/aromatic N) is 2. The second-order valence-corrected chi connectivity index (χ2v) is 7.17. The summed E-state index contributed by atoms with van der Waals surface area (Å²) < 4.78 is 0. The maximum Gasteiger partial charge on any atom is 0.334 e. The van der Waals surface area contributed by atoms with Crippen molar-refractivity contribution in [3.63, 3.8) is 0 Å². The molecule has 0 radical (unpaired) electrons. The highest BCUT2D eigenvalue weighted by atomic mass is 16.2. The molecule has 26 heavy (non-hydrogen) atoms. The van der Waals surface area contributed by atoms with E-state index in [1.54, 1.807) is 0 Å². The SMILES string of the molecule is C[C@H](c1cccc2ccccc12)N1C(=O)CC(=O)N(C2CCCC2)C1=O. The lowest BCUT2D eigenvalue weighted by molar-refractivity contribution is -0.145. The van der Waals surface area contributed by atoms with Gasteiger partial charge < -0.3 is 0 Å². The van der Waals surface area contributed by atoms with E-state index in [2.05, 4.69) is 0 Å². The van der Waals surface area contributed by atoms with Gasteiger partial charge in [-0.05, 0) is 36.1 Å². The van der Waals surface area contributed by atoms with Gasteiger partial charge in [0.05, 0.1) is 6.04 Å². The molecule has 2 aromatic carbocycles. The third kappa shape index (κ3) is 2.68. The molecule has 1 heterocycles. The highest BCUT2D eigenvalue weighted by Gasteiger charge is 2.44. The van der Waals surface area contributed by atoms with Crippen molar-refractivity contribution in [3.8, 4) is 0 Å². The summed E-state index contributed by atoms with van der Waals surface area (Å²) >= 11 is 0. The number of amides is 4. The third-order valence-electron chi connectivity index (χ3n) is 5.60. The van der Waals surface area contributed by atoms with Crippen LogP contribution in [0.25, 0.3) is 10.8 Å². The molecular formula is C21H22N2O3. The predicted octanol–water partition coefficient (Wildman–Crippen LogP) is 4.02. The van der Waals surface area contributed by atoms with Crippen LogP contribution in [0.4, 0.5) is 4.79 Å². The van der Waals surface area contributed by atoms with E-state index >= 15 is 0 Å². The molecule has 5 nitrogen and oxygen atoms in total. The zero-order valence-electron chi connectivity index (χ0n) is 14.9. The van der Waals surface area contributed by atoms with E-state index < -0.39 is 18.0 Å². The number of hydrogen-bond acceptors (Lipinski definition) is 3. The number of benzene rings is 2. The summed E-state index contributed by atoms with van der Waals surface area (Å²) in [4.78, 5) is 40.7. The second kappa shape index (κ2) is 6.56. The van der Waals surface area contributed by atoms with Gasteiger partial charge in [-0.15, -0.1) is 0 Å². The summed E-state index contributed by atoms with van der Waals surface area (Å²) in [5, 5.41) is 2.09. The van der Waals surface area contributed by atoms with E-state index in [0.717, 1.165) is 42.0 Å². The average Bonchev–Trinajstić information content (AvgIpc) is 3.15. The maximum absolute atomic E-state index is 13.1. The number of rotatable bonds is 3. The number of fused-ring (bicyclic) bond motifs is 1. The Kier molecular flexibility index (Phi) is 4.23. The van der Waals surface area contributed by atoms with Crippen LogP contribution in [0.2, 0.25) is 0 Å². The van der Waals surface area contributed by atoms with Gasteiger partial charge in [0, 0.05) is 6.04 Å². The Morgan fingerprint density at radius 3 is 2.38 bits per heavy atom. The third-order valence-corrected chi connectivity index (χ3v) is 5.60. The van der Waals surface area contributed by atoms with Crippen LogP contribution in [0.15, 0.2) is 42.5 Å². The van der Waals surface area contributed by atoms with Crippen LogP contribution in [0.5, 0.6) is 0 Å². The van der Waals surface area contributed by atoms with E-state index in [4.69, 9.17) is 0 Å². The van der Waals surface area contributed by atoms with Crippen LogP contribution in [0.3, 0.4) is 0 Å². The normalized spacial score (nSPS) is 20.3. The van der Waals surface area contributed by atoms with Crippen molar-refractivity contribution in [2.24, 2.45) is 0 Å². The van der Waals surface area contributed by atoms with Gasteiger partial charge in [-0.1, -0.05) is 55.3 Å². The topological polar surface area (TPSA) is 57.7 Å². The van der Waals surface area contributed by atoms with Crippen molar-refractivity contribution in [3.05, 3.63) is 48.0 Å². The zero-order chi connectivity index (χ0) is 18.3. The van der Waals surface area contributed by atoms with E-state index in [9.17, 15) is 14.4 Å². The van der Waals surface area contributed by atoms with Crippen LogP contribution >= 0.6 is 0 Å². The molecule has 1 saturated carbocycles. The molecule has 0 aromatic heterocycles. The van der Waals surface area contributed by atoms with Crippen LogP contribution in [0, 0.1) is 0 Å². The van der Waals surface area contributed by atoms with E-state index in [1.807, 2.05) is 49.4 Å². The monoisotopic (exact) mass is 350 g/mol. The first-order chi connectivity index (χ1) is 12.6. The maximum atomic E-state index is 13.1. The van der Waals surface area contributed by atoms with Gasteiger partial charge in [-0.25, -0.2) is 4.79 Å². The average molecular weight is 350 g/mol. The number of urea groups is 1. The minimum absolute atomic E-state index is 0.0645. The van der Waals surface area contributed by atoms with E-state index in [-0.39, 0.29) is 18.4 Å². The summed E-state index contributed by atoms with van der Waals surface area (Å²) in [7, 11) is 0. The number of carbonyl (C=O) groups excluding carboxylic acids is 3. The van der Waals surface area contributed by atoms with Crippen LogP contribution < -0.4 is 0 Å². The van der Waals surface area contributed by atoms with Crippen molar-refractivity contribution in [1.82, 2.24) is 9.80 Å². The molecular weight excluding hydrogens is 328 g/mol. The molecule has 0 unspecified atom stereocenters. The van der Waals surface area contributed by atoms with Gasteiger partial charge in [-0.2, -0.15) is 0 Å². The first kappa shape index (κ1) is 16.8. The molecule has 2 aliphatic rings. The molecule has 1 aliphatic carbocycles. The molecule has 0 bridgehead atoms. The molecule has 134 valence electrons. The fourth-order valence-electron chi connectivity index (χ4n) is 4.29. The molecule has 0 N–H and O–H groups in total. The first-order valence-corrected chi connectivity index (χ1v) is 9.23. The fourth-order valence-corrected chi connectivity index (χ4v) is 4.29. The highest BCUT2D eigenvalue weighted by molar-refractivity contribution is 6.14. The summed E-state index contributed by atoms with van der Waals surface area (Å²) in [5.41, 5.74) is 0.922.